The van der Waals surface area contributed by atoms with Crippen molar-refractivity contribution in [3.05, 3.63) is 0 Å². The van der Waals surface area contributed by atoms with E-state index >= 15 is 0 Å². The van der Waals surface area contributed by atoms with Crippen LogP contribution in [0.1, 0.15) is 13.8 Å². The molecule has 0 aromatic carbocycles. The summed E-state index contributed by atoms with van der Waals surface area (Å²) in [4.78, 5) is 0. The maximum atomic E-state index is 11.9. The van der Waals surface area contributed by atoms with Crippen LogP contribution in [0.3, 0.4) is 0 Å². The molecule has 1 unspecified atom stereocenters. The molecule has 0 saturated heterocycles. The normalized spacial score (nSPS) is 14.8. The Morgan fingerprint density at radius 1 is 1.33 bits per heavy atom. The van der Waals surface area contributed by atoms with Crippen LogP contribution in [0.5, 0.6) is 0 Å². The zero-order valence-electron chi connectivity index (χ0n) is 7.64. The second-order valence-corrected chi connectivity index (χ2v) is 14.2. The van der Waals surface area contributed by atoms with Crippen LogP contribution >= 0.6 is 23.8 Å². The predicted molar refractivity (Wildman–Crippen MR) is 60.5 cm³/mol. The molecule has 0 aromatic rings. The van der Waals surface area contributed by atoms with Crippen molar-refractivity contribution in [2.45, 2.75) is 13.8 Å². The second kappa shape index (κ2) is 4.28. The number of hydrogen-bond donors (Lipinski definition) is 0. The van der Waals surface area contributed by atoms with Gasteiger partial charge in [0, 0.05) is 0 Å². The Kier molecular flexibility index (Phi) is 4.54. The van der Waals surface area contributed by atoms with Crippen LogP contribution in [0, 0.1) is 11.3 Å². The van der Waals surface area contributed by atoms with Gasteiger partial charge in [-0.1, -0.05) is 0 Å². The Morgan fingerprint density at radius 2 is 1.75 bits per heavy atom. The van der Waals surface area contributed by atoms with Gasteiger partial charge in [0.1, 0.15) is 0 Å². The molecule has 0 rings (SSSR count). The average molecular weight is 230 g/mol. The number of rotatable bonds is 2. The molecule has 0 aliphatic heterocycles. The summed E-state index contributed by atoms with van der Waals surface area (Å²) in [5, 5.41) is 0. The van der Waals surface area contributed by atoms with E-state index in [9.17, 15) is 8.39 Å². The van der Waals surface area contributed by atoms with Gasteiger partial charge in [-0.15, -0.1) is 0 Å². The molecule has 0 nitrogen and oxygen atoms in total. The molecule has 0 aliphatic rings. The number of hydrogen-bond acceptors (Lipinski definition) is 0. The van der Waals surface area contributed by atoms with Crippen LogP contribution in [0.4, 0.5) is 8.39 Å². The molecule has 0 bridgehead atoms. The van der Waals surface area contributed by atoms with Crippen molar-refractivity contribution in [3.63, 3.8) is 0 Å². The zero-order valence-corrected chi connectivity index (χ0v) is 10.6. The van der Waals surface area contributed by atoms with E-state index in [4.69, 9.17) is 0 Å². The standard InChI is InChI=1S/C7H15F2P3/c1-4-12(3,10,5-2)7-6-11(8)9/h4-5,10H2,1-3H3. The van der Waals surface area contributed by atoms with Crippen LogP contribution in [-0.2, 0) is 0 Å². The zero-order chi connectivity index (χ0) is 9.85. The van der Waals surface area contributed by atoms with E-state index in [2.05, 4.69) is 14.6 Å². The van der Waals surface area contributed by atoms with Gasteiger partial charge < -0.3 is 0 Å². The minimum atomic E-state index is -3.05. The summed E-state index contributed by atoms with van der Waals surface area (Å²) in [7, 11) is -0.324. The summed E-state index contributed by atoms with van der Waals surface area (Å²) < 4.78 is 23.8. The molecule has 72 valence electrons. The van der Waals surface area contributed by atoms with Gasteiger partial charge in [0.25, 0.3) is 0 Å². The van der Waals surface area contributed by atoms with Gasteiger partial charge in [-0.2, -0.15) is 0 Å². The molecule has 0 fully saturated rings. The molecule has 0 heterocycles. The van der Waals surface area contributed by atoms with E-state index in [1.807, 2.05) is 26.2 Å². The van der Waals surface area contributed by atoms with Crippen molar-refractivity contribution < 1.29 is 8.39 Å². The third-order valence-corrected chi connectivity index (χ3v) is 9.57. The van der Waals surface area contributed by atoms with Gasteiger partial charge in [-0.25, -0.2) is 0 Å². The van der Waals surface area contributed by atoms with Gasteiger partial charge in [0.15, 0.2) is 0 Å². The predicted octanol–water partition coefficient (Wildman–Crippen LogP) is 4.17. The Morgan fingerprint density at radius 3 is 2.00 bits per heavy atom. The summed E-state index contributed by atoms with van der Waals surface area (Å²) in [6, 6.07) is 0. The van der Waals surface area contributed by atoms with Crippen LogP contribution in [0.25, 0.3) is 0 Å². The maximum absolute atomic E-state index is 11.9. The Bertz CT molecular complexity index is 206. The number of halogens is 2. The second-order valence-electron chi connectivity index (χ2n) is 3.24. The first kappa shape index (κ1) is 12.7. The first-order valence-corrected chi connectivity index (χ1v) is 9.58. The summed E-state index contributed by atoms with van der Waals surface area (Å²) in [5.74, 6) is 0. The molecule has 1 atom stereocenters. The van der Waals surface area contributed by atoms with Gasteiger partial charge in [-0.3, -0.25) is 0 Å². The molecule has 12 heavy (non-hydrogen) atoms. The summed E-state index contributed by atoms with van der Waals surface area (Å²) in [5.41, 5.74) is 4.84. The monoisotopic (exact) mass is 230 g/mol. The summed E-state index contributed by atoms with van der Waals surface area (Å²) >= 11 is 0. The van der Waals surface area contributed by atoms with Crippen molar-refractivity contribution in [2.24, 2.45) is 0 Å². The Hall–Kier alpha value is 0.710. The topological polar surface area (TPSA) is 0 Å². The van der Waals surface area contributed by atoms with Crippen molar-refractivity contribution in [1.82, 2.24) is 0 Å². The molecule has 0 aliphatic carbocycles. The molecular weight excluding hydrogens is 215 g/mol. The van der Waals surface area contributed by atoms with Gasteiger partial charge in [0.05, 0.1) is 0 Å². The molecular formula is C7H15F2P3. The van der Waals surface area contributed by atoms with Crippen LogP contribution < -0.4 is 0 Å². The third-order valence-electron chi connectivity index (χ3n) is 2.23. The quantitative estimate of drug-likeness (QED) is 0.493. The van der Waals surface area contributed by atoms with E-state index in [0.717, 1.165) is 12.3 Å². The van der Waals surface area contributed by atoms with Crippen molar-refractivity contribution in [1.29, 1.82) is 0 Å². The van der Waals surface area contributed by atoms with E-state index in [-0.39, 0.29) is 0 Å². The first-order valence-electron chi connectivity index (χ1n) is 3.79. The fourth-order valence-electron chi connectivity index (χ4n) is 0.569. The average Bonchev–Trinajstić information content (AvgIpc) is 2.03. The van der Waals surface area contributed by atoms with E-state index in [0.29, 0.717) is 0 Å². The molecule has 5 heteroatoms. The molecule has 0 aromatic heterocycles. The van der Waals surface area contributed by atoms with Crippen molar-refractivity contribution >= 4 is 23.8 Å². The SMILES string of the molecule is CCP(C)(P)(C#CP(F)F)CC. The molecule has 0 N–H and O–H groups in total. The van der Waals surface area contributed by atoms with Gasteiger partial charge in [0.2, 0.25) is 0 Å². The van der Waals surface area contributed by atoms with Gasteiger partial charge in [-0.05, 0) is 0 Å². The molecule has 0 amide bonds. The van der Waals surface area contributed by atoms with Crippen LogP contribution in [0.2, 0.25) is 0 Å². The van der Waals surface area contributed by atoms with Crippen LogP contribution in [-0.4, -0.2) is 19.0 Å². The van der Waals surface area contributed by atoms with Crippen LogP contribution in [0.15, 0.2) is 0 Å². The molecule has 0 saturated carbocycles. The van der Waals surface area contributed by atoms with Crippen molar-refractivity contribution in [2.75, 3.05) is 19.0 Å². The summed E-state index contributed by atoms with van der Waals surface area (Å²) in [6.07, 6.45) is -0.347. The van der Waals surface area contributed by atoms with Crippen molar-refractivity contribution in [3.8, 4) is 11.3 Å². The first-order chi connectivity index (χ1) is 5.32. The molecule has 0 radical (unpaired) electrons. The summed E-state index contributed by atoms with van der Waals surface area (Å²) in [6.45, 7) is 6.06. The van der Waals surface area contributed by atoms with E-state index in [1.165, 1.54) is 0 Å². The minimum absolute atomic E-state index is 0.892. The Balaban J connectivity index is 4.70. The van der Waals surface area contributed by atoms with Gasteiger partial charge >= 0.3 is 76.3 Å². The third kappa shape index (κ3) is 4.09. The van der Waals surface area contributed by atoms with E-state index in [1.54, 1.807) is 0 Å². The fourth-order valence-corrected chi connectivity index (χ4v) is 3.35. The fraction of sp³-hybridized carbons (Fsp3) is 0.714. The Labute approximate surface area is 76.9 Å². The van der Waals surface area contributed by atoms with E-state index < -0.39 is 14.8 Å². The molecule has 0 spiro atoms.